The standard InChI is InChI=1S/C18H22N4O2/c1-13(19)16-7-2-3-10-22(16)18(23)14-5-4-6-15(11-14)24-17-12-20-8-9-21-17/h4-6,8-9,11-13,16H,2-3,7,10,19H2,1H3/t13-,16+/m1/s1. The third-order valence-corrected chi connectivity index (χ3v) is 4.26. The van der Waals surface area contributed by atoms with E-state index in [0.717, 1.165) is 25.8 Å². The smallest absolute Gasteiger partial charge is 0.254 e. The molecule has 3 rings (SSSR count). The zero-order valence-electron chi connectivity index (χ0n) is 13.8. The fourth-order valence-electron chi connectivity index (χ4n) is 3.07. The summed E-state index contributed by atoms with van der Waals surface area (Å²) in [4.78, 5) is 22.8. The molecule has 1 fully saturated rings. The van der Waals surface area contributed by atoms with Crippen LogP contribution in [0.3, 0.4) is 0 Å². The van der Waals surface area contributed by atoms with Crippen LogP contribution in [0.15, 0.2) is 42.9 Å². The fourth-order valence-corrected chi connectivity index (χ4v) is 3.07. The Bertz CT molecular complexity index is 690. The molecule has 6 heteroatoms. The van der Waals surface area contributed by atoms with Crippen LogP contribution in [-0.2, 0) is 0 Å². The maximum atomic E-state index is 12.9. The number of piperidine rings is 1. The Morgan fingerprint density at radius 3 is 3.00 bits per heavy atom. The average molecular weight is 326 g/mol. The fraction of sp³-hybridized carbons (Fsp3) is 0.389. The Morgan fingerprint density at radius 1 is 1.38 bits per heavy atom. The summed E-state index contributed by atoms with van der Waals surface area (Å²) in [6.07, 6.45) is 7.77. The van der Waals surface area contributed by atoms with Gasteiger partial charge in [0.2, 0.25) is 5.88 Å². The number of hydrogen-bond donors (Lipinski definition) is 1. The van der Waals surface area contributed by atoms with Gasteiger partial charge in [-0.05, 0) is 44.4 Å². The summed E-state index contributed by atoms with van der Waals surface area (Å²) >= 11 is 0. The molecule has 6 nitrogen and oxygen atoms in total. The zero-order valence-corrected chi connectivity index (χ0v) is 13.8. The molecule has 2 N–H and O–H groups in total. The Kier molecular flexibility index (Phi) is 5.05. The SMILES string of the molecule is C[C@@H](N)[C@@H]1CCCCN1C(=O)c1cccc(Oc2cnccn2)c1. The number of likely N-dealkylation sites (tertiary alicyclic amines) is 1. The number of amides is 1. The minimum Gasteiger partial charge on any atom is -0.437 e. The van der Waals surface area contributed by atoms with Crippen molar-refractivity contribution in [2.45, 2.75) is 38.3 Å². The van der Waals surface area contributed by atoms with Gasteiger partial charge in [-0.25, -0.2) is 4.98 Å². The van der Waals surface area contributed by atoms with Crippen molar-refractivity contribution >= 4 is 5.91 Å². The molecule has 0 aliphatic carbocycles. The summed E-state index contributed by atoms with van der Waals surface area (Å²) in [5.74, 6) is 0.964. The van der Waals surface area contributed by atoms with E-state index in [0.29, 0.717) is 17.2 Å². The van der Waals surface area contributed by atoms with E-state index in [4.69, 9.17) is 10.5 Å². The average Bonchev–Trinajstić information content (AvgIpc) is 2.62. The first kappa shape index (κ1) is 16.4. The highest BCUT2D eigenvalue weighted by Crippen LogP contribution is 2.24. The van der Waals surface area contributed by atoms with Gasteiger partial charge in [-0.3, -0.25) is 9.78 Å². The van der Waals surface area contributed by atoms with Gasteiger partial charge in [0.05, 0.1) is 6.20 Å². The first-order valence-corrected chi connectivity index (χ1v) is 8.25. The third-order valence-electron chi connectivity index (χ3n) is 4.26. The van der Waals surface area contributed by atoms with Gasteiger partial charge in [0, 0.05) is 36.6 Å². The van der Waals surface area contributed by atoms with Gasteiger partial charge in [0.15, 0.2) is 0 Å². The van der Waals surface area contributed by atoms with Gasteiger partial charge in [-0.1, -0.05) is 6.07 Å². The highest BCUT2D eigenvalue weighted by molar-refractivity contribution is 5.95. The minimum absolute atomic E-state index is 0.00148. The number of carbonyl (C=O) groups is 1. The van der Waals surface area contributed by atoms with Crippen LogP contribution in [0.4, 0.5) is 0 Å². The lowest BCUT2D eigenvalue weighted by Gasteiger charge is -2.38. The summed E-state index contributed by atoms with van der Waals surface area (Å²) in [7, 11) is 0. The summed E-state index contributed by atoms with van der Waals surface area (Å²) < 4.78 is 5.66. The molecule has 1 amide bonds. The van der Waals surface area contributed by atoms with E-state index in [1.54, 1.807) is 30.6 Å². The van der Waals surface area contributed by atoms with Crippen LogP contribution in [0.5, 0.6) is 11.6 Å². The van der Waals surface area contributed by atoms with Crippen molar-refractivity contribution in [3.63, 3.8) is 0 Å². The van der Waals surface area contributed by atoms with Crippen LogP contribution in [0, 0.1) is 0 Å². The van der Waals surface area contributed by atoms with E-state index >= 15 is 0 Å². The topological polar surface area (TPSA) is 81.3 Å². The number of ether oxygens (including phenoxy) is 1. The normalized spacial score (nSPS) is 18.9. The van der Waals surface area contributed by atoms with Gasteiger partial charge in [0.25, 0.3) is 5.91 Å². The second-order valence-electron chi connectivity index (χ2n) is 6.09. The van der Waals surface area contributed by atoms with Crippen LogP contribution in [0.2, 0.25) is 0 Å². The molecule has 2 atom stereocenters. The van der Waals surface area contributed by atoms with Crippen LogP contribution in [-0.4, -0.2) is 39.4 Å². The van der Waals surface area contributed by atoms with E-state index in [9.17, 15) is 4.79 Å². The molecule has 126 valence electrons. The number of nitrogens with zero attached hydrogens (tertiary/aromatic N) is 3. The monoisotopic (exact) mass is 326 g/mol. The molecule has 0 unspecified atom stereocenters. The highest BCUT2D eigenvalue weighted by atomic mass is 16.5. The molecule has 1 aromatic carbocycles. The number of nitrogens with two attached hydrogens (primary N) is 1. The van der Waals surface area contributed by atoms with E-state index in [2.05, 4.69) is 9.97 Å². The van der Waals surface area contributed by atoms with Gasteiger partial charge < -0.3 is 15.4 Å². The van der Waals surface area contributed by atoms with E-state index in [1.165, 1.54) is 6.20 Å². The Hall–Kier alpha value is -2.47. The van der Waals surface area contributed by atoms with E-state index in [1.807, 2.05) is 17.9 Å². The molecule has 0 radical (unpaired) electrons. The number of rotatable bonds is 4. The van der Waals surface area contributed by atoms with Crippen LogP contribution in [0.1, 0.15) is 36.5 Å². The lowest BCUT2D eigenvalue weighted by Crippen LogP contribution is -2.51. The molecule has 0 bridgehead atoms. The summed E-state index contributed by atoms with van der Waals surface area (Å²) in [6, 6.07) is 7.21. The summed E-state index contributed by atoms with van der Waals surface area (Å²) in [6.45, 7) is 2.71. The number of carbonyl (C=O) groups excluding carboxylic acids is 1. The van der Waals surface area contributed by atoms with Crippen LogP contribution < -0.4 is 10.5 Å². The number of hydrogen-bond acceptors (Lipinski definition) is 5. The Morgan fingerprint density at radius 2 is 2.25 bits per heavy atom. The van der Waals surface area contributed by atoms with E-state index in [-0.39, 0.29) is 18.0 Å². The van der Waals surface area contributed by atoms with Crippen LogP contribution in [0.25, 0.3) is 0 Å². The lowest BCUT2D eigenvalue weighted by molar-refractivity contribution is 0.0583. The highest BCUT2D eigenvalue weighted by Gasteiger charge is 2.29. The minimum atomic E-state index is -0.0340. The molecule has 1 aliphatic heterocycles. The van der Waals surface area contributed by atoms with Crippen molar-refractivity contribution in [3.05, 3.63) is 48.4 Å². The predicted molar refractivity (Wildman–Crippen MR) is 90.9 cm³/mol. The first-order chi connectivity index (χ1) is 11.6. The van der Waals surface area contributed by atoms with Crippen LogP contribution >= 0.6 is 0 Å². The Labute approximate surface area is 141 Å². The van der Waals surface area contributed by atoms with Gasteiger partial charge in [-0.15, -0.1) is 0 Å². The van der Waals surface area contributed by atoms with Gasteiger partial charge in [-0.2, -0.15) is 0 Å². The van der Waals surface area contributed by atoms with Crippen molar-refractivity contribution in [1.82, 2.24) is 14.9 Å². The third kappa shape index (κ3) is 3.71. The van der Waals surface area contributed by atoms with Gasteiger partial charge in [0.1, 0.15) is 5.75 Å². The van der Waals surface area contributed by atoms with Gasteiger partial charge >= 0.3 is 0 Å². The van der Waals surface area contributed by atoms with Crippen molar-refractivity contribution in [2.75, 3.05) is 6.54 Å². The molecule has 2 aromatic rings. The van der Waals surface area contributed by atoms with Crippen molar-refractivity contribution in [1.29, 1.82) is 0 Å². The molecule has 1 aliphatic rings. The molecular formula is C18H22N4O2. The molecule has 0 spiro atoms. The maximum absolute atomic E-state index is 12.9. The van der Waals surface area contributed by atoms with E-state index < -0.39 is 0 Å². The van der Waals surface area contributed by atoms with Crippen molar-refractivity contribution in [3.8, 4) is 11.6 Å². The molecule has 0 saturated carbocycles. The predicted octanol–water partition coefficient (Wildman–Crippen LogP) is 2.61. The largest absolute Gasteiger partial charge is 0.437 e. The summed E-state index contributed by atoms with van der Waals surface area (Å²) in [5.41, 5.74) is 6.67. The number of aromatic nitrogens is 2. The maximum Gasteiger partial charge on any atom is 0.254 e. The Balaban J connectivity index is 1.78. The summed E-state index contributed by atoms with van der Waals surface area (Å²) in [5, 5.41) is 0. The number of benzene rings is 1. The molecule has 2 heterocycles. The lowest BCUT2D eigenvalue weighted by atomic mass is 9.96. The second-order valence-corrected chi connectivity index (χ2v) is 6.09. The molecule has 24 heavy (non-hydrogen) atoms. The zero-order chi connectivity index (χ0) is 16.9. The quantitative estimate of drug-likeness (QED) is 0.934. The first-order valence-electron chi connectivity index (χ1n) is 8.25. The second kappa shape index (κ2) is 7.40. The van der Waals surface area contributed by atoms with Crippen molar-refractivity contribution in [2.24, 2.45) is 5.73 Å². The van der Waals surface area contributed by atoms with Crippen molar-refractivity contribution < 1.29 is 9.53 Å². The molecule has 1 saturated heterocycles. The molecule has 1 aromatic heterocycles. The molecular weight excluding hydrogens is 304 g/mol.